The third kappa shape index (κ3) is 5.73. The maximum atomic E-state index is 13.3. The monoisotopic (exact) mass is 503 g/mol. The van der Waals surface area contributed by atoms with Gasteiger partial charge >= 0.3 is 0 Å². The van der Waals surface area contributed by atoms with E-state index in [4.69, 9.17) is 4.74 Å². The van der Waals surface area contributed by atoms with Crippen LogP contribution in [0.2, 0.25) is 0 Å². The van der Waals surface area contributed by atoms with E-state index in [1.54, 1.807) is 0 Å². The number of nitrogens with one attached hydrogen (secondary N) is 3. The number of hydrogen-bond acceptors (Lipinski definition) is 6. The second-order valence-electron chi connectivity index (χ2n) is 8.96. The first-order valence-electron chi connectivity index (χ1n) is 12.5. The van der Waals surface area contributed by atoms with E-state index < -0.39 is 0 Å². The van der Waals surface area contributed by atoms with Gasteiger partial charge in [0.15, 0.2) is 0 Å². The molecule has 1 heterocycles. The van der Waals surface area contributed by atoms with E-state index in [1.807, 2.05) is 105 Å². The first kappa shape index (κ1) is 24.8. The van der Waals surface area contributed by atoms with Crippen molar-refractivity contribution in [3.63, 3.8) is 0 Å². The molecule has 0 aliphatic rings. The highest BCUT2D eigenvalue weighted by atomic mass is 16.5. The molecule has 0 unspecified atom stereocenters. The molecule has 0 aliphatic carbocycles. The summed E-state index contributed by atoms with van der Waals surface area (Å²) < 4.78 is 5.76. The molecule has 3 N–H and O–H groups in total. The summed E-state index contributed by atoms with van der Waals surface area (Å²) in [5.41, 5.74) is 4.98. The molecule has 4 aromatic carbocycles. The maximum absolute atomic E-state index is 13.3. The SMILES string of the molecule is CCOc1ccc2ccccc2c1C(=O)Nc1ccc(Nc2nc(C)cc(Nc3ccc(C)cc3)n2)cc1. The molecule has 0 aliphatic heterocycles. The second kappa shape index (κ2) is 11.0. The fourth-order valence-electron chi connectivity index (χ4n) is 4.19. The summed E-state index contributed by atoms with van der Waals surface area (Å²) in [7, 11) is 0. The van der Waals surface area contributed by atoms with Gasteiger partial charge in [-0.2, -0.15) is 4.98 Å². The van der Waals surface area contributed by atoms with Crippen molar-refractivity contribution in [1.82, 2.24) is 9.97 Å². The van der Waals surface area contributed by atoms with Crippen LogP contribution in [0, 0.1) is 13.8 Å². The lowest BCUT2D eigenvalue weighted by atomic mass is 10.0. The Morgan fingerprint density at radius 1 is 0.789 bits per heavy atom. The molecule has 5 aromatic rings. The number of aryl methyl sites for hydroxylation is 2. The number of aromatic nitrogens is 2. The number of anilines is 5. The molecular formula is C31H29N5O2. The molecule has 0 fully saturated rings. The quantitative estimate of drug-likeness (QED) is 0.205. The van der Waals surface area contributed by atoms with Crippen LogP contribution in [-0.2, 0) is 0 Å². The molecule has 1 amide bonds. The van der Waals surface area contributed by atoms with Crippen molar-refractivity contribution in [2.75, 3.05) is 22.6 Å². The van der Waals surface area contributed by atoms with Crippen LogP contribution < -0.4 is 20.7 Å². The van der Waals surface area contributed by atoms with Crippen molar-refractivity contribution in [2.24, 2.45) is 0 Å². The van der Waals surface area contributed by atoms with Crippen LogP contribution in [0.25, 0.3) is 10.8 Å². The Morgan fingerprint density at radius 2 is 1.47 bits per heavy atom. The van der Waals surface area contributed by atoms with Crippen molar-refractivity contribution in [3.05, 3.63) is 108 Å². The zero-order valence-corrected chi connectivity index (χ0v) is 21.6. The molecule has 0 radical (unpaired) electrons. The summed E-state index contributed by atoms with van der Waals surface area (Å²) in [6.45, 7) is 6.36. The van der Waals surface area contributed by atoms with Gasteiger partial charge in [-0.05, 0) is 74.0 Å². The van der Waals surface area contributed by atoms with Crippen molar-refractivity contribution in [2.45, 2.75) is 20.8 Å². The molecule has 0 saturated heterocycles. The molecule has 7 nitrogen and oxygen atoms in total. The smallest absolute Gasteiger partial charge is 0.260 e. The molecule has 0 spiro atoms. The number of ether oxygens (including phenoxy) is 1. The summed E-state index contributed by atoms with van der Waals surface area (Å²) in [6.07, 6.45) is 0. The highest BCUT2D eigenvalue weighted by Gasteiger charge is 2.17. The van der Waals surface area contributed by atoms with Gasteiger partial charge in [-0.25, -0.2) is 4.98 Å². The Hall–Kier alpha value is -4.91. The number of fused-ring (bicyclic) bond motifs is 1. The minimum atomic E-state index is -0.222. The van der Waals surface area contributed by atoms with Gasteiger partial charge in [0.1, 0.15) is 11.6 Å². The molecular weight excluding hydrogens is 474 g/mol. The van der Waals surface area contributed by atoms with Crippen molar-refractivity contribution in [1.29, 1.82) is 0 Å². The van der Waals surface area contributed by atoms with Gasteiger partial charge < -0.3 is 20.7 Å². The molecule has 0 bridgehead atoms. The van der Waals surface area contributed by atoms with E-state index in [-0.39, 0.29) is 5.91 Å². The lowest BCUT2D eigenvalue weighted by Crippen LogP contribution is -2.14. The third-order valence-electron chi connectivity index (χ3n) is 5.99. The van der Waals surface area contributed by atoms with E-state index in [0.717, 1.165) is 27.8 Å². The first-order chi connectivity index (χ1) is 18.5. The van der Waals surface area contributed by atoms with E-state index in [9.17, 15) is 4.79 Å². The lowest BCUT2D eigenvalue weighted by molar-refractivity contribution is 0.102. The molecule has 1 aromatic heterocycles. The zero-order valence-electron chi connectivity index (χ0n) is 21.6. The van der Waals surface area contributed by atoms with Gasteiger partial charge in [0.25, 0.3) is 5.91 Å². The van der Waals surface area contributed by atoms with Gasteiger partial charge in [0, 0.05) is 28.8 Å². The first-order valence-corrected chi connectivity index (χ1v) is 12.5. The van der Waals surface area contributed by atoms with Crippen LogP contribution in [-0.4, -0.2) is 22.5 Å². The van der Waals surface area contributed by atoms with E-state index in [0.29, 0.717) is 35.4 Å². The average molecular weight is 504 g/mol. The highest BCUT2D eigenvalue weighted by molar-refractivity contribution is 6.15. The Bertz CT molecular complexity index is 1580. The van der Waals surface area contributed by atoms with Crippen LogP contribution in [0.3, 0.4) is 0 Å². The van der Waals surface area contributed by atoms with Gasteiger partial charge in [-0.15, -0.1) is 0 Å². The van der Waals surface area contributed by atoms with Gasteiger partial charge in [-0.1, -0.05) is 48.0 Å². The minimum Gasteiger partial charge on any atom is -0.493 e. The zero-order chi connectivity index (χ0) is 26.5. The second-order valence-corrected chi connectivity index (χ2v) is 8.96. The van der Waals surface area contributed by atoms with E-state index in [2.05, 4.69) is 32.8 Å². The molecule has 190 valence electrons. The van der Waals surface area contributed by atoms with Crippen molar-refractivity contribution < 1.29 is 9.53 Å². The Kier molecular flexibility index (Phi) is 7.17. The Balaban J connectivity index is 1.31. The minimum absolute atomic E-state index is 0.222. The summed E-state index contributed by atoms with van der Waals surface area (Å²) in [5, 5.41) is 11.4. The Morgan fingerprint density at radius 3 is 2.24 bits per heavy atom. The number of rotatable bonds is 8. The fourth-order valence-corrected chi connectivity index (χ4v) is 4.19. The summed E-state index contributed by atoms with van der Waals surface area (Å²) in [6, 6.07) is 29.1. The van der Waals surface area contributed by atoms with Crippen LogP contribution in [0.1, 0.15) is 28.5 Å². The molecule has 5 rings (SSSR count). The number of carbonyl (C=O) groups excluding carboxylic acids is 1. The summed E-state index contributed by atoms with van der Waals surface area (Å²) >= 11 is 0. The van der Waals surface area contributed by atoms with Crippen LogP contribution in [0.15, 0.2) is 91.0 Å². The predicted molar refractivity (Wildman–Crippen MR) is 154 cm³/mol. The van der Waals surface area contributed by atoms with Crippen LogP contribution >= 0.6 is 0 Å². The maximum Gasteiger partial charge on any atom is 0.260 e. The summed E-state index contributed by atoms with van der Waals surface area (Å²) in [5.74, 6) is 1.52. The highest BCUT2D eigenvalue weighted by Crippen LogP contribution is 2.29. The number of carbonyl (C=O) groups is 1. The van der Waals surface area contributed by atoms with Crippen molar-refractivity contribution in [3.8, 4) is 5.75 Å². The fraction of sp³-hybridized carbons (Fsp3) is 0.129. The predicted octanol–water partition coefficient (Wildman–Crippen LogP) is 7.38. The Labute approximate surface area is 221 Å². The number of hydrogen-bond donors (Lipinski definition) is 3. The van der Waals surface area contributed by atoms with E-state index in [1.165, 1.54) is 5.56 Å². The molecule has 0 atom stereocenters. The average Bonchev–Trinajstić information content (AvgIpc) is 2.91. The van der Waals surface area contributed by atoms with Crippen molar-refractivity contribution >= 4 is 45.5 Å². The van der Waals surface area contributed by atoms with Gasteiger partial charge in [0.05, 0.1) is 12.2 Å². The largest absolute Gasteiger partial charge is 0.493 e. The lowest BCUT2D eigenvalue weighted by Gasteiger charge is -2.14. The molecule has 0 saturated carbocycles. The number of amides is 1. The molecule has 38 heavy (non-hydrogen) atoms. The standard InChI is InChI=1S/C31H29N5O2/c1-4-38-27-18-11-22-7-5-6-8-26(22)29(27)30(37)34-24-14-16-25(17-15-24)35-31-32-21(3)19-28(36-31)33-23-12-9-20(2)10-13-23/h5-19H,4H2,1-3H3,(H,34,37)(H2,32,33,35,36). The van der Waals surface area contributed by atoms with E-state index >= 15 is 0 Å². The topological polar surface area (TPSA) is 88.2 Å². The molecule has 7 heteroatoms. The van der Waals surface area contributed by atoms with Gasteiger partial charge in [-0.3, -0.25) is 4.79 Å². The summed E-state index contributed by atoms with van der Waals surface area (Å²) in [4.78, 5) is 22.4. The van der Waals surface area contributed by atoms with Crippen LogP contribution in [0.4, 0.5) is 28.8 Å². The van der Waals surface area contributed by atoms with Gasteiger partial charge in [0.2, 0.25) is 5.95 Å². The number of nitrogens with zero attached hydrogens (tertiary/aromatic N) is 2. The normalized spacial score (nSPS) is 10.7. The van der Waals surface area contributed by atoms with Crippen LogP contribution in [0.5, 0.6) is 5.75 Å². The third-order valence-corrected chi connectivity index (χ3v) is 5.99. The number of benzene rings is 4.